The number of halogens is 2. The number of rotatable bonds is 4. The molecule has 2 aromatic rings. The summed E-state index contributed by atoms with van der Waals surface area (Å²) in [6.07, 6.45) is 0.964. The van der Waals surface area contributed by atoms with Gasteiger partial charge < -0.3 is 10.3 Å². The van der Waals surface area contributed by atoms with Crippen LogP contribution in [-0.2, 0) is 0 Å². The number of hydrogen-bond donors (Lipinski definition) is 1. The van der Waals surface area contributed by atoms with E-state index < -0.39 is 0 Å². The molecule has 0 spiro atoms. The smallest absolute Gasteiger partial charge is 0.244 e. The minimum absolute atomic E-state index is 0.234. The Morgan fingerprint density at radius 1 is 1.47 bits per heavy atom. The van der Waals surface area contributed by atoms with E-state index in [1.165, 1.54) is 0 Å². The van der Waals surface area contributed by atoms with Crippen LogP contribution in [0, 0.1) is 5.92 Å². The summed E-state index contributed by atoms with van der Waals surface area (Å²) in [6, 6.07) is 5.25. The van der Waals surface area contributed by atoms with Gasteiger partial charge in [-0.15, -0.1) is 0 Å². The largest absolute Gasteiger partial charge is 0.337 e. The summed E-state index contributed by atoms with van der Waals surface area (Å²) in [7, 11) is 0. The summed E-state index contributed by atoms with van der Waals surface area (Å²) in [4.78, 5) is 4.35. The van der Waals surface area contributed by atoms with Crippen LogP contribution in [0.2, 0.25) is 5.02 Å². The third-order valence-electron chi connectivity index (χ3n) is 3.16. The van der Waals surface area contributed by atoms with Gasteiger partial charge in [-0.05, 0) is 40.0 Å². The molecule has 2 N–H and O–H groups in total. The second-order valence-corrected chi connectivity index (χ2v) is 5.76. The Morgan fingerprint density at radius 2 is 2.21 bits per heavy atom. The molecule has 1 aromatic heterocycles. The van der Waals surface area contributed by atoms with E-state index in [1.807, 2.05) is 12.1 Å². The number of aromatic nitrogens is 2. The molecule has 19 heavy (non-hydrogen) atoms. The standard InChI is InChI=1S/C13H15BrClN3O/c1-3-7(2)11(16)13-17-12(18-19-13)8-4-5-10(15)9(14)6-8/h4-7,11H,3,16H2,1-2H3/t7-,11-/m0/s1. The van der Waals surface area contributed by atoms with Crippen LogP contribution in [0.15, 0.2) is 27.2 Å². The Labute approximate surface area is 125 Å². The van der Waals surface area contributed by atoms with Crippen molar-refractivity contribution in [3.8, 4) is 11.4 Å². The zero-order chi connectivity index (χ0) is 14.0. The lowest BCUT2D eigenvalue weighted by atomic mass is 10.0. The first-order chi connectivity index (χ1) is 9.02. The van der Waals surface area contributed by atoms with Gasteiger partial charge in [-0.3, -0.25) is 0 Å². The fourth-order valence-electron chi connectivity index (χ4n) is 1.62. The lowest BCUT2D eigenvalue weighted by Gasteiger charge is -2.12. The molecule has 0 bridgehead atoms. The molecule has 1 aromatic carbocycles. The van der Waals surface area contributed by atoms with Crippen molar-refractivity contribution in [2.75, 3.05) is 0 Å². The second-order valence-electron chi connectivity index (χ2n) is 4.50. The topological polar surface area (TPSA) is 64.9 Å². The van der Waals surface area contributed by atoms with E-state index >= 15 is 0 Å². The lowest BCUT2D eigenvalue weighted by molar-refractivity contribution is 0.312. The van der Waals surface area contributed by atoms with Crippen molar-refractivity contribution in [3.63, 3.8) is 0 Å². The maximum absolute atomic E-state index is 6.07. The molecule has 0 saturated heterocycles. The Balaban J connectivity index is 2.27. The Bertz CT molecular complexity index is 573. The minimum Gasteiger partial charge on any atom is -0.337 e. The highest BCUT2D eigenvalue weighted by Gasteiger charge is 2.20. The van der Waals surface area contributed by atoms with Gasteiger partial charge >= 0.3 is 0 Å². The van der Waals surface area contributed by atoms with Gasteiger partial charge in [-0.2, -0.15) is 4.98 Å². The van der Waals surface area contributed by atoms with Crippen LogP contribution >= 0.6 is 27.5 Å². The third-order valence-corrected chi connectivity index (χ3v) is 4.38. The van der Waals surface area contributed by atoms with Crippen molar-refractivity contribution >= 4 is 27.5 Å². The molecule has 4 nitrogen and oxygen atoms in total. The van der Waals surface area contributed by atoms with Crippen molar-refractivity contribution in [1.82, 2.24) is 10.1 Å². The Morgan fingerprint density at radius 3 is 2.84 bits per heavy atom. The molecule has 0 fully saturated rings. The van der Waals surface area contributed by atoms with Crippen molar-refractivity contribution in [3.05, 3.63) is 33.6 Å². The Hall–Kier alpha value is -0.910. The van der Waals surface area contributed by atoms with Crippen LogP contribution in [0.4, 0.5) is 0 Å². The molecule has 6 heteroatoms. The monoisotopic (exact) mass is 343 g/mol. The lowest BCUT2D eigenvalue weighted by Crippen LogP contribution is -2.18. The normalized spacial score (nSPS) is 14.4. The van der Waals surface area contributed by atoms with Crippen LogP contribution < -0.4 is 5.73 Å². The zero-order valence-corrected chi connectivity index (χ0v) is 13.1. The summed E-state index contributed by atoms with van der Waals surface area (Å²) >= 11 is 9.32. The SMILES string of the molecule is CC[C@H](C)[C@H](N)c1nc(-c2ccc(Cl)c(Br)c2)no1. The van der Waals surface area contributed by atoms with Gasteiger partial charge in [-0.25, -0.2) is 0 Å². The van der Waals surface area contributed by atoms with Gasteiger partial charge in [0.15, 0.2) is 0 Å². The van der Waals surface area contributed by atoms with Gasteiger partial charge in [0, 0.05) is 10.0 Å². The molecule has 102 valence electrons. The highest BCUT2D eigenvalue weighted by atomic mass is 79.9. The first-order valence-electron chi connectivity index (χ1n) is 6.07. The summed E-state index contributed by atoms with van der Waals surface area (Å²) in [5, 5.41) is 4.61. The van der Waals surface area contributed by atoms with Gasteiger partial charge in [-0.1, -0.05) is 37.0 Å². The second kappa shape index (κ2) is 6.03. The van der Waals surface area contributed by atoms with E-state index in [0.29, 0.717) is 22.7 Å². The molecule has 1 heterocycles. The van der Waals surface area contributed by atoms with E-state index in [2.05, 4.69) is 39.9 Å². The van der Waals surface area contributed by atoms with Crippen molar-refractivity contribution < 1.29 is 4.52 Å². The van der Waals surface area contributed by atoms with E-state index in [0.717, 1.165) is 16.5 Å². The predicted octanol–water partition coefficient (Wildman–Crippen LogP) is 4.20. The maximum Gasteiger partial charge on any atom is 0.244 e. The molecule has 0 radical (unpaired) electrons. The fraction of sp³-hybridized carbons (Fsp3) is 0.385. The number of nitrogens with two attached hydrogens (primary N) is 1. The molecule has 0 aliphatic heterocycles. The molecular formula is C13H15BrClN3O. The molecule has 2 rings (SSSR count). The van der Waals surface area contributed by atoms with Crippen LogP contribution in [0.1, 0.15) is 32.2 Å². The summed E-state index contributed by atoms with van der Waals surface area (Å²) < 4.78 is 6.04. The maximum atomic E-state index is 6.07. The first-order valence-corrected chi connectivity index (χ1v) is 7.24. The van der Waals surface area contributed by atoms with Crippen LogP contribution in [0.25, 0.3) is 11.4 Å². The molecule has 0 unspecified atom stereocenters. The average molecular weight is 345 g/mol. The van der Waals surface area contributed by atoms with Crippen molar-refractivity contribution in [2.45, 2.75) is 26.3 Å². The van der Waals surface area contributed by atoms with E-state index in [-0.39, 0.29) is 6.04 Å². The van der Waals surface area contributed by atoms with Crippen LogP contribution in [0.3, 0.4) is 0 Å². The molecule has 0 saturated carbocycles. The summed E-state index contributed by atoms with van der Waals surface area (Å²) in [6.45, 7) is 4.14. The number of benzene rings is 1. The third kappa shape index (κ3) is 3.16. The van der Waals surface area contributed by atoms with E-state index in [1.54, 1.807) is 6.07 Å². The minimum atomic E-state index is -0.234. The average Bonchev–Trinajstić information content (AvgIpc) is 2.89. The van der Waals surface area contributed by atoms with Gasteiger partial charge in [0.2, 0.25) is 11.7 Å². The molecule has 0 aliphatic carbocycles. The summed E-state index contributed by atoms with van der Waals surface area (Å²) in [5.74, 6) is 1.28. The summed E-state index contributed by atoms with van der Waals surface area (Å²) in [5.41, 5.74) is 6.90. The van der Waals surface area contributed by atoms with Gasteiger partial charge in [0.05, 0.1) is 11.1 Å². The van der Waals surface area contributed by atoms with Crippen molar-refractivity contribution in [2.24, 2.45) is 11.7 Å². The van der Waals surface area contributed by atoms with Crippen LogP contribution in [-0.4, -0.2) is 10.1 Å². The van der Waals surface area contributed by atoms with Crippen LogP contribution in [0.5, 0.6) is 0 Å². The predicted molar refractivity (Wildman–Crippen MR) is 78.8 cm³/mol. The highest BCUT2D eigenvalue weighted by Crippen LogP contribution is 2.28. The molecule has 0 amide bonds. The fourth-order valence-corrected chi connectivity index (χ4v) is 2.12. The number of nitrogens with zero attached hydrogens (tertiary/aromatic N) is 2. The molecular weight excluding hydrogens is 330 g/mol. The van der Waals surface area contributed by atoms with Gasteiger partial charge in [0.1, 0.15) is 0 Å². The Kier molecular flexibility index (Phi) is 4.60. The van der Waals surface area contributed by atoms with Gasteiger partial charge in [0.25, 0.3) is 0 Å². The van der Waals surface area contributed by atoms with Crippen molar-refractivity contribution in [1.29, 1.82) is 0 Å². The first kappa shape index (κ1) is 14.5. The molecule has 2 atom stereocenters. The van der Waals surface area contributed by atoms with E-state index in [4.69, 9.17) is 21.9 Å². The van der Waals surface area contributed by atoms with E-state index in [9.17, 15) is 0 Å². The molecule has 0 aliphatic rings. The quantitative estimate of drug-likeness (QED) is 0.903. The zero-order valence-electron chi connectivity index (χ0n) is 10.7. The number of hydrogen-bond acceptors (Lipinski definition) is 4. The highest BCUT2D eigenvalue weighted by molar-refractivity contribution is 9.10.